The van der Waals surface area contributed by atoms with Crippen LogP contribution < -0.4 is 10.1 Å². The topological polar surface area (TPSA) is 74.2 Å². The summed E-state index contributed by atoms with van der Waals surface area (Å²) in [5.74, 6) is -0.384. The maximum absolute atomic E-state index is 13.0. The summed E-state index contributed by atoms with van der Waals surface area (Å²) in [6.45, 7) is 0.877. The number of carbonyl (C=O) groups is 1. The number of methoxy groups -OCH3 is 1. The number of rotatable bonds is 4. The first-order chi connectivity index (χ1) is 10.7. The maximum Gasteiger partial charge on any atom is 0.438 e. The fraction of sp³-hybridized carbons (Fsp3) is 0.429. The first-order valence-electron chi connectivity index (χ1n) is 6.71. The number of hydrazone groups is 1. The van der Waals surface area contributed by atoms with Crippen LogP contribution >= 0.6 is 0 Å². The van der Waals surface area contributed by atoms with Gasteiger partial charge < -0.3 is 15.2 Å². The van der Waals surface area contributed by atoms with Crippen LogP contribution in [0.1, 0.15) is 13.3 Å². The molecule has 1 heterocycles. The summed E-state index contributed by atoms with van der Waals surface area (Å²) >= 11 is 0. The van der Waals surface area contributed by atoms with E-state index in [1.54, 1.807) is 24.3 Å². The fourth-order valence-electron chi connectivity index (χ4n) is 2.16. The van der Waals surface area contributed by atoms with Crippen molar-refractivity contribution in [2.45, 2.75) is 25.2 Å². The zero-order valence-electron chi connectivity index (χ0n) is 12.5. The summed E-state index contributed by atoms with van der Waals surface area (Å²) in [7, 11) is 1.50. The van der Waals surface area contributed by atoms with E-state index in [9.17, 15) is 23.1 Å². The Balaban J connectivity index is 2.06. The van der Waals surface area contributed by atoms with Crippen LogP contribution in [-0.2, 0) is 4.79 Å². The van der Waals surface area contributed by atoms with Gasteiger partial charge in [-0.2, -0.15) is 23.3 Å². The fourth-order valence-corrected chi connectivity index (χ4v) is 2.16. The van der Waals surface area contributed by atoms with E-state index in [0.717, 1.165) is 0 Å². The zero-order chi connectivity index (χ0) is 17.3. The molecule has 0 aliphatic carbocycles. The van der Waals surface area contributed by atoms with Crippen LogP contribution in [-0.4, -0.2) is 47.3 Å². The predicted octanol–water partition coefficient (Wildman–Crippen LogP) is 1.97. The molecule has 6 nitrogen and oxygen atoms in total. The largest absolute Gasteiger partial charge is 0.497 e. The van der Waals surface area contributed by atoms with E-state index in [1.165, 1.54) is 14.0 Å². The Kier molecular flexibility index (Phi) is 4.51. The normalized spacial score (nSPS) is 21.1. The van der Waals surface area contributed by atoms with E-state index in [2.05, 4.69) is 10.4 Å². The summed E-state index contributed by atoms with van der Waals surface area (Å²) in [5.41, 5.74) is -2.74. The number of ether oxygens (including phenoxy) is 1. The van der Waals surface area contributed by atoms with Gasteiger partial charge in [-0.3, -0.25) is 4.79 Å². The average Bonchev–Trinajstić information content (AvgIpc) is 2.81. The number of nitrogens with one attached hydrogen (secondary N) is 1. The molecule has 2 rings (SSSR count). The van der Waals surface area contributed by atoms with Crippen LogP contribution in [0.5, 0.6) is 5.75 Å². The second kappa shape index (κ2) is 6.07. The van der Waals surface area contributed by atoms with Gasteiger partial charge in [-0.15, -0.1) is 0 Å². The lowest BCUT2D eigenvalue weighted by molar-refractivity contribution is -0.302. The minimum atomic E-state index is -5.00. The number of halogens is 3. The van der Waals surface area contributed by atoms with E-state index < -0.39 is 30.8 Å². The third-order valence-electron chi connectivity index (χ3n) is 3.35. The van der Waals surface area contributed by atoms with E-state index >= 15 is 0 Å². The van der Waals surface area contributed by atoms with Crippen LogP contribution in [0.2, 0.25) is 0 Å². The molecule has 2 N–H and O–H groups in total. The molecular formula is C14H16F3N3O3. The monoisotopic (exact) mass is 331 g/mol. The Labute approximate surface area is 130 Å². The predicted molar refractivity (Wildman–Crippen MR) is 77.1 cm³/mol. The Hall–Kier alpha value is -2.29. The van der Waals surface area contributed by atoms with Crippen molar-refractivity contribution in [3.05, 3.63) is 24.3 Å². The number of alkyl halides is 3. The molecule has 0 spiro atoms. The second-order valence-corrected chi connectivity index (χ2v) is 5.11. The van der Waals surface area contributed by atoms with Crippen molar-refractivity contribution in [1.82, 2.24) is 5.01 Å². The summed E-state index contributed by atoms with van der Waals surface area (Å²) < 4.78 is 44.0. The molecule has 1 amide bonds. The van der Waals surface area contributed by atoms with Crippen molar-refractivity contribution in [3.63, 3.8) is 0 Å². The van der Waals surface area contributed by atoms with Crippen molar-refractivity contribution in [2.24, 2.45) is 5.10 Å². The molecular weight excluding hydrogens is 315 g/mol. The minimum Gasteiger partial charge on any atom is -0.497 e. The molecule has 0 radical (unpaired) electrons. The molecule has 0 saturated heterocycles. The molecule has 0 bridgehead atoms. The number of aliphatic hydroxyl groups is 1. The zero-order valence-corrected chi connectivity index (χ0v) is 12.5. The van der Waals surface area contributed by atoms with E-state index in [0.29, 0.717) is 11.4 Å². The van der Waals surface area contributed by atoms with Gasteiger partial charge in [-0.1, -0.05) is 0 Å². The first-order valence-corrected chi connectivity index (χ1v) is 6.71. The highest BCUT2D eigenvalue weighted by molar-refractivity contribution is 5.90. The number of hydrogen-bond acceptors (Lipinski definition) is 5. The maximum atomic E-state index is 13.0. The van der Waals surface area contributed by atoms with E-state index in [1.807, 2.05) is 0 Å². The van der Waals surface area contributed by atoms with Crippen LogP contribution in [0.15, 0.2) is 29.4 Å². The first kappa shape index (κ1) is 17.1. The van der Waals surface area contributed by atoms with Gasteiger partial charge in [0.25, 0.3) is 11.6 Å². The second-order valence-electron chi connectivity index (χ2n) is 5.11. The van der Waals surface area contributed by atoms with E-state index in [4.69, 9.17) is 4.74 Å². The highest BCUT2D eigenvalue weighted by atomic mass is 19.4. The minimum absolute atomic E-state index is 0.0302. The molecule has 9 heteroatoms. The summed E-state index contributed by atoms with van der Waals surface area (Å²) in [6.07, 6.45) is -5.76. The van der Waals surface area contributed by atoms with Gasteiger partial charge in [0.15, 0.2) is 0 Å². The SMILES string of the molecule is COc1ccc(NCC(=O)N2N=C(C)CC2(O)C(F)(F)F)cc1. The molecule has 0 fully saturated rings. The van der Waals surface area contributed by atoms with Crippen LogP contribution in [0, 0.1) is 0 Å². The highest BCUT2D eigenvalue weighted by Crippen LogP contribution is 2.40. The Bertz CT molecular complexity index is 616. The van der Waals surface area contributed by atoms with Crippen LogP contribution in [0.25, 0.3) is 0 Å². The van der Waals surface area contributed by atoms with Gasteiger partial charge in [-0.05, 0) is 31.2 Å². The smallest absolute Gasteiger partial charge is 0.438 e. The lowest BCUT2D eigenvalue weighted by atomic mass is 10.1. The third-order valence-corrected chi connectivity index (χ3v) is 3.35. The Morgan fingerprint density at radius 3 is 2.57 bits per heavy atom. The average molecular weight is 331 g/mol. The standard InChI is InChI=1S/C14H16F3N3O3/c1-9-7-13(22,14(15,16)17)20(19-9)12(21)8-18-10-3-5-11(23-2)6-4-10/h3-6,18,22H,7-8H2,1-2H3. The van der Waals surface area contributed by atoms with Gasteiger partial charge in [0.1, 0.15) is 5.75 Å². The van der Waals surface area contributed by atoms with Crippen LogP contribution in [0.4, 0.5) is 18.9 Å². The molecule has 1 atom stereocenters. The Morgan fingerprint density at radius 2 is 2.04 bits per heavy atom. The summed E-state index contributed by atoms with van der Waals surface area (Å²) in [4.78, 5) is 12.0. The van der Waals surface area contributed by atoms with Gasteiger partial charge in [0, 0.05) is 17.8 Å². The number of hydrogen-bond donors (Lipinski definition) is 2. The third kappa shape index (κ3) is 3.39. The van der Waals surface area contributed by atoms with Crippen molar-refractivity contribution in [2.75, 3.05) is 19.0 Å². The molecule has 0 aromatic heterocycles. The molecule has 1 unspecified atom stereocenters. The lowest BCUT2D eigenvalue weighted by Gasteiger charge is -2.32. The van der Waals surface area contributed by atoms with Crippen molar-refractivity contribution in [3.8, 4) is 5.75 Å². The van der Waals surface area contributed by atoms with Crippen molar-refractivity contribution < 1.29 is 27.8 Å². The van der Waals surface area contributed by atoms with Gasteiger partial charge >= 0.3 is 6.18 Å². The number of anilines is 1. The van der Waals surface area contributed by atoms with Gasteiger partial charge in [0.2, 0.25) is 0 Å². The number of amides is 1. The number of carbonyl (C=O) groups excluding carboxylic acids is 1. The lowest BCUT2D eigenvalue weighted by Crippen LogP contribution is -2.57. The number of nitrogens with zero attached hydrogens (tertiary/aromatic N) is 2. The molecule has 1 aromatic carbocycles. The van der Waals surface area contributed by atoms with Crippen molar-refractivity contribution in [1.29, 1.82) is 0 Å². The molecule has 1 aromatic rings. The highest BCUT2D eigenvalue weighted by Gasteiger charge is 2.62. The van der Waals surface area contributed by atoms with Crippen LogP contribution in [0.3, 0.4) is 0 Å². The Morgan fingerprint density at radius 1 is 1.43 bits per heavy atom. The summed E-state index contributed by atoms with van der Waals surface area (Å²) in [5, 5.41) is 16.1. The van der Waals surface area contributed by atoms with E-state index in [-0.39, 0.29) is 10.7 Å². The molecule has 126 valence electrons. The molecule has 1 aliphatic rings. The van der Waals surface area contributed by atoms with Gasteiger partial charge in [0.05, 0.1) is 13.7 Å². The van der Waals surface area contributed by atoms with Gasteiger partial charge in [-0.25, -0.2) is 0 Å². The number of benzene rings is 1. The summed E-state index contributed by atoms with van der Waals surface area (Å²) in [6, 6.07) is 6.50. The molecule has 1 aliphatic heterocycles. The van der Waals surface area contributed by atoms with Crippen molar-refractivity contribution >= 4 is 17.3 Å². The quantitative estimate of drug-likeness (QED) is 0.885. The molecule has 0 saturated carbocycles. The molecule has 23 heavy (non-hydrogen) atoms.